The average molecular weight is 366 g/mol. The van der Waals surface area contributed by atoms with Crippen molar-refractivity contribution in [3.8, 4) is 0 Å². The Kier molecular flexibility index (Phi) is 4.49. The number of rotatable bonds is 4. The van der Waals surface area contributed by atoms with E-state index < -0.39 is 0 Å². The summed E-state index contributed by atoms with van der Waals surface area (Å²) in [7, 11) is 0. The zero-order valence-electron chi connectivity index (χ0n) is 12.9. The zero-order chi connectivity index (χ0) is 15.7. The maximum Gasteiger partial charge on any atom is 0.270 e. The highest BCUT2D eigenvalue weighted by atomic mass is 79.9. The molecule has 1 amide bonds. The summed E-state index contributed by atoms with van der Waals surface area (Å²) in [6, 6.07) is 2.01. The maximum absolute atomic E-state index is 12.6. The number of amides is 1. The summed E-state index contributed by atoms with van der Waals surface area (Å²) in [4.78, 5) is 17.2. The average Bonchev–Trinajstić information content (AvgIpc) is 3.11. The molecule has 2 aromatic rings. The van der Waals surface area contributed by atoms with E-state index in [9.17, 15) is 4.79 Å². The predicted octanol–water partition coefficient (Wildman–Crippen LogP) is 2.88. The first kappa shape index (κ1) is 15.5. The standard InChI is InChI=1S/C16H20BrN3O2/c1-3-13-14(16(21)18-8-11-5-4-6-22-11)20-9-10(2)7-12(17)15(20)19-13/h7,9,11H,3-6,8H2,1-2H3,(H,18,21). The van der Waals surface area contributed by atoms with Crippen LogP contribution in [0.25, 0.3) is 5.65 Å². The lowest BCUT2D eigenvalue weighted by Crippen LogP contribution is -2.33. The van der Waals surface area contributed by atoms with Gasteiger partial charge in [-0.1, -0.05) is 6.92 Å². The summed E-state index contributed by atoms with van der Waals surface area (Å²) < 4.78 is 8.34. The smallest absolute Gasteiger partial charge is 0.270 e. The number of nitrogens with zero attached hydrogens (tertiary/aromatic N) is 2. The Morgan fingerprint density at radius 3 is 3.09 bits per heavy atom. The van der Waals surface area contributed by atoms with Crippen LogP contribution >= 0.6 is 15.9 Å². The molecule has 118 valence electrons. The van der Waals surface area contributed by atoms with Crippen molar-refractivity contribution in [2.24, 2.45) is 0 Å². The molecule has 1 N–H and O–H groups in total. The van der Waals surface area contributed by atoms with Crippen LogP contribution in [-0.4, -0.2) is 34.5 Å². The molecular formula is C16H20BrN3O2. The first-order valence-corrected chi connectivity index (χ1v) is 8.46. The van der Waals surface area contributed by atoms with Crippen LogP contribution in [0.1, 0.15) is 41.5 Å². The van der Waals surface area contributed by atoms with Crippen molar-refractivity contribution >= 4 is 27.5 Å². The predicted molar refractivity (Wildman–Crippen MR) is 88.3 cm³/mol. The highest BCUT2D eigenvalue weighted by Gasteiger charge is 2.22. The Hall–Kier alpha value is -1.40. The first-order chi connectivity index (χ1) is 10.6. The summed E-state index contributed by atoms with van der Waals surface area (Å²) in [6.45, 7) is 5.37. The molecule has 1 aliphatic heterocycles. The summed E-state index contributed by atoms with van der Waals surface area (Å²) in [5.41, 5.74) is 3.30. The van der Waals surface area contributed by atoms with Gasteiger partial charge >= 0.3 is 0 Å². The van der Waals surface area contributed by atoms with Crippen molar-refractivity contribution < 1.29 is 9.53 Å². The van der Waals surface area contributed by atoms with Crippen LogP contribution in [-0.2, 0) is 11.2 Å². The molecule has 0 bridgehead atoms. The van der Waals surface area contributed by atoms with E-state index in [4.69, 9.17) is 4.74 Å². The number of fused-ring (bicyclic) bond motifs is 1. The number of carbonyl (C=O) groups excluding carboxylic acids is 1. The number of aromatic nitrogens is 2. The Balaban J connectivity index is 1.92. The van der Waals surface area contributed by atoms with Crippen LogP contribution in [0.15, 0.2) is 16.7 Å². The van der Waals surface area contributed by atoms with Gasteiger partial charge in [-0.05, 0) is 53.7 Å². The van der Waals surface area contributed by atoms with E-state index in [0.717, 1.165) is 47.2 Å². The lowest BCUT2D eigenvalue weighted by molar-refractivity contribution is 0.0852. The van der Waals surface area contributed by atoms with Crippen molar-refractivity contribution in [3.63, 3.8) is 0 Å². The third-order valence-corrected chi connectivity index (χ3v) is 4.53. The maximum atomic E-state index is 12.6. The van der Waals surface area contributed by atoms with Gasteiger partial charge in [0.25, 0.3) is 5.91 Å². The molecule has 0 aliphatic carbocycles. The Labute approximate surface area is 138 Å². The fourth-order valence-electron chi connectivity index (χ4n) is 2.86. The summed E-state index contributed by atoms with van der Waals surface area (Å²) in [6.07, 6.45) is 4.89. The molecule has 3 rings (SSSR count). The second-order valence-electron chi connectivity index (χ2n) is 5.66. The van der Waals surface area contributed by atoms with E-state index in [0.29, 0.717) is 12.2 Å². The molecule has 0 saturated carbocycles. The molecule has 5 nitrogen and oxygen atoms in total. The number of nitrogens with one attached hydrogen (secondary N) is 1. The SMILES string of the molecule is CCc1nc2c(Br)cc(C)cn2c1C(=O)NCC1CCCO1. The van der Waals surface area contributed by atoms with E-state index >= 15 is 0 Å². The summed E-state index contributed by atoms with van der Waals surface area (Å²) >= 11 is 3.53. The van der Waals surface area contributed by atoms with Crippen molar-refractivity contribution in [1.29, 1.82) is 0 Å². The molecule has 0 aromatic carbocycles. The number of carbonyl (C=O) groups is 1. The van der Waals surface area contributed by atoms with Gasteiger partial charge in [-0.3, -0.25) is 9.20 Å². The van der Waals surface area contributed by atoms with Gasteiger partial charge in [0.05, 0.1) is 16.3 Å². The number of hydrogen-bond donors (Lipinski definition) is 1. The minimum absolute atomic E-state index is 0.0858. The van der Waals surface area contributed by atoms with Crippen LogP contribution in [0.2, 0.25) is 0 Å². The van der Waals surface area contributed by atoms with E-state index in [2.05, 4.69) is 26.2 Å². The van der Waals surface area contributed by atoms with Gasteiger partial charge in [-0.25, -0.2) is 4.98 Å². The van der Waals surface area contributed by atoms with Gasteiger partial charge in [-0.15, -0.1) is 0 Å². The topological polar surface area (TPSA) is 55.6 Å². The monoisotopic (exact) mass is 365 g/mol. The number of halogens is 1. The van der Waals surface area contributed by atoms with Gasteiger partial charge in [0.1, 0.15) is 5.69 Å². The van der Waals surface area contributed by atoms with Gasteiger partial charge in [0.15, 0.2) is 5.65 Å². The van der Waals surface area contributed by atoms with E-state index in [1.54, 1.807) is 0 Å². The van der Waals surface area contributed by atoms with Crippen LogP contribution in [0.3, 0.4) is 0 Å². The van der Waals surface area contributed by atoms with E-state index in [-0.39, 0.29) is 12.0 Å². The first-order valence-electron chi connectivity index (χ1n) is 7.67. The van der Waals surface area contributed by atoms with Crippen LogP contribution in [0.5, 0.6) is 0 Å². The van der Waals surface area contributed by atoms with Crippen LogP contribution in [0.4, 0.5) is 0 Å². The number of ether oxygens (including phenoxy) is 1. The Bertz CT molecular complexity index is 705. The number of pyridine rings is 1. The largest absolute Gasteiger partial charge is 0.376 e. The van der Waals surface area contributed by atoms with Gasteiger partial charge < -0.3 is 10.1 Å². The number of imidazole rings is 1. The summed E-state index contributed by atoms with van der Waals surface area (Å²) in [5, 5.41) is 2.99. The molecule has 22 heavy (non-hydrogen) atoms. The zero-order valence-corrected chi connectivity index (χ0v) is 14.4. The normalized spacial score (nSPS) is 18.0. The number of hydrogen-bond acceptors (Lipinski definition) is 3. The highest BCUT2D eigenvalue weighted by molar-refractivity contribution is 9.10. The Morgan fingerprint density at radius 1 is 1.59 bits per heavy atom. The van der Waals surface area contributed by atoms with Crippen LogP contribution in [0, 0.1) is 6.92 Å². The fourth-order valence-corrected chi connectivity index (χ4v) is 3.50. The second-order valence-corrected chi connectivity index (χ2v) is 6.52. The molecule has 1 saturated heterocycles. The van der Waals surface area contributed by atoms with Gasteiger partial charge in [-0.2, -0.15) is 0 Å². The van der Waals surface area contributed by atoms with E-state index in [1.165, 1.54) is 0 Å². The molecule has 3 heterocycles. The molecule has 1 atom stereocenters. The van der Waals surface area contributed by atoms with Crippen molar-refractivity contribution in [1.82, 2.24) is 14.7 Å². The van der Waals surface area contributed by atoms with Gasteiger partial charge in [0, 0.05) is 19.3 Å². The molecular weight excluding hydrogens is 346 g/mol. The molecule has 0 radical (unpaired) electrons. The second kappa shape index (κ2) is 6.38. The summed E-state index contributed by atoms with van der Waals surface area (Å²) in [5.74, 6) is -0.0858. The van der Waals surface area contributed by atoms with Crippen molar-refractivity contribution in [2.45, 2.75) is 39.2 Å². The fraction of sp³-hybridized carbons (Fsp3) is 0.500. The molecule has 6 heteroatoms. The minimum atomic E-state index is -0.0858. The number of aryl methyl sites for hydroxylation is 2. The van der Waals surface area contributed by atoms with Crippen molar-refractivity contribution in [3.05, 3.63) is 33.7 Å². The molecule has 2 aromatic heterocycles. The molecule has 1 aliphatic rings. The van der Waals surface area contributed by atoms with Crippen LogP contribution < -0.4 is 5.32 Å². The molecule has 1 fully saturated rings. The van der Waals surface area contributed by atoms with E-state index in [1.807, 2.05) is 30.5 Å². The molecule has 0 spiro atoms. The lowest BCUT2D eigenvalue weighted by Gasteiger charge is -2.11. The molecule has 1 unspecified atom stereocenters. The third-order valence-electron chi connectivity index (χ3n) is 3.95. The Morgan fingerprint density at radius 2 is 2.41 bits per heavy atom. The van der Waals surface area contributed by atoms with Crippen molar-refractivity contribution in [2.75, 3.05) is 13.2 Å². The highest BCUT2D eigenvalue weighted by Crippen LogP contribution is 2.23. The van der Waals surface area contributed by atoms with Gasteiger partial charge in [0.2, 0.25) is 0 Å². The lowest BCUT2D eigenvalue weighted by atomic mass is 10.2. The minimum Gasteiger partial charge on any atom is -0.376 e. The third kappa shape index (κ3) is 2.90. The quantitative estimate of drug-likeness (QED) is 0.905.